The highest BCUT2D eigenvalue weighted by Gasteiger charge is 2.18. The van der Waals surface area contributed by atoms with Gasteiger partial charge in [0.15, 0.2) is 11.5 Å². The molecule has 0 spiro atoms. The number of hydrogen-bond donors (Lipinski definition) is 2. The molecular formula is C16H19NO3. The molecule has 0 fully saturated rings. The zero-order valence-corrected chi connectivity index (χ0v) is 11.7. The van der Waals surface area contributed by atoms with Crippen molar-refractivity contribution in [2.24, 2.45) is 0 Å². The van der Waals surface area contributed by atoms with E-state index in [4.69, 9.17) is 9.47 Å². The number of methoxy groups -OCH3 is 2. The molecule has 106 valence electrons. The molecule has 0 heterocycles. The summed E-state index contributed by atoms with van der Waals surface area (Å²) in [6.07, 6.45) is 0. The maximum Gasteiger partial charge on any atom is 0.166 e. The molecule has 0 bridgehead atoms. The molecule has 0 aliphatic carbocycles. The number of hydrogen-bond acceptors (Lipinski definition) is 4. The third-order valence-electron chi connectivity index (χ3n) is 3.11. The van der Waals surface area contributed by atoms with E-state index in [1.165, 1.54) is 0 Å². The Morgan fingerprint density at radius 1 is 1.00 bits per heavy atom. The lowest BCUT2D eigenvalue weighted by Crippen LogP contribution is -2.16. The van der Waals surface area contributed by atoms with Crippen molar-refractivity contribution >= 4 is 5.69 Å². The molecule has 0 aliphatic heterocycles. The molecule has 2 aromatic rings. The molecule has 2 N–H and O–H groups in total. The largest absolute Gasteiger partial charge is 0.493 e. The molecule has 0 amide bonds. The summed E-state index contributed by atoms with van der Waals surface area (Å²) in [6, 6.07) is 15.1. The molecule has 1 unspecified atom stereocenters. The number of ether oxygens (including phenoxy) is 2. The first-order valence-electron chi connectivity index (χ1n) is 6.43. The Balaban J connectivity index is 2.32. The first-order valence-corrected chi connectivity index (χ1v) is 6.43. The number of para-hydroxylation sites is 2. The van der Waals surface area contributed by atoms with Crippen LogP contribution in [0.4, 0.5) is 5.69 Å². The average Bonchev–Trinajstić information content (AvgIpc) is 2.52. The maximum atomic E-state index is 9.67. The number of aliphatic hydroxyl groups is 1. The minimum atomic E-state index is -0.262. The lowest BCUT2D eigenvalue weighted by Gasteiger charge is -2.21. The fraction of sp³-hybridized carbons (Fsp3) is 0.250. The maximum absolute atomic E-state index is 9.67. The summed E-state index contributed by atoms with van der Waals surface area (Å²) in [4.78, 5) is 0. The molecule has 2 rings (SSSR count). The molecule has 4 nitrogen and oxygen atoms in total. The highest BCUT2D eigenvalue weighted by molar-refractivity contribution is 5.52. The van der Waals surface area contributed by atoms with Crippen LogP contribution in [0.15, 0.2) is 48.5 Å². The third kappa shape index (κ3) is 3.03. The van der Waals surface area contributed by atoms with Crippen LogP contribution in [0.1, 0.15) is 11.6 Å². The smallest absolute Gasteiger partial charge is 0.166 e. The SMILES string of the molecule is COc1cccc(C(CO)Nc2ccccc2)c1OC. The molecule has 20 heavy (non-hydrogen) atoms. The quantitative estimate of drug-likeness (QED) is 0.849. The van der Waals surface area contributed by atoms with Gasteiger partial charge in [-0.05, 0) is 18.2 Å². The Morgan fingerprint density at radius 2 is 1.75 bits per heavy atom. The van der Waals surface area contributed by atoms with E-state index in [-0.39, 0.29) is 12.6 Å². The summed E-state index contributed by atoms with van der Waals surface area (Å²) in [6.45, 7) is -0.0432. The van der Waals surface area contributed by atoms with E-state index in [0.29, 0.717) is 11.5 Å². The summed E-state index contributed by atoms with van der Waals surface area (Å²) in [5.74, 6) is 1.29. The second-order valence-corrected chi connectivity index (χ2v) is 4.33. The highest BCUT2D eigenvalue weighted by atomic mass is 16.5. The predicted molar refractivity (Wildman–Crippen MR) is 79.4 cm³/mol. The lowest BCUT2D eigenvalue weighted by atomic mass is 10.1. The van der Waals surface area contributed by atoms with Crippen LogP contribution in [-0.2, 0) is 0 Å². The first kappa shape index (κ1) is 14.2. The van der Waals surface area contributed by atoms with Crippen molar-refractivity contribution in [1.29, 1.82) is 0 Å². The second kappa shape index (κ2) is 6.82. The van der Waals surface area contributed by atoms with Crippen LogP contribution in [-0.4, -0.2) is 25.9 Å². The first-order chi connectivity index (χ1) is 9.80. The molecular weight excluding hydrogens is 254 g/mol. The van der Waals surface area contributed by atoms with Gasteiger partial charge in [-0.1, -0.05) is 30.3 Å². The normalized spacial score (nSPS) is 11.8. The third-order valence-corrected chi connectivity index (χ3v) is 3.11. The van der Waals surface area contributed by atoms with Crippen molar-refractivity contribution < 1.29 is 14.6 Å². The van der Waals surface area contributed by atoms with E-state index in [1.807, 2.05) is 48.5 Å². The standard InChI is InChI=1S/C16H19NO3/c1-19-15-10-6-9-13(16(15)20-2)14(11-18)17-12-7-4-3-5-8-12/h3-10,14,17-18H,11H2,1-2H3. The monoisotopic (exact) mass is 273 g/mol. The van der Waals surface area contributed by atoms with Crippen LogP contribution in [0.2, 0.25) is 0 Å². The summed E-state index contributed by atoms with van der Waals surface area (Å²) in [7, 11) is 3.19. The van der Waals surface area contributed by atoms with E-state index >= 15 is 0 Å². The topological polar surface area (TPSA) is 50.7 Å². The minimum absolute atomic E-state index is 0.0432. The lowest BCUT2D eigenvalue weighted by molar-refractivity contribution is 0.271. The Hall–Kier alpha value is -2.20. The van der Waals surface area contributed by atoms with Crippen LogP contribution in [0.3, 0.4) is 0 Å². The van der Waals surface area contributed by atoms with Crippen LogP contribution >= 0.6 is 0 Å². The molecule has 0 radical (unpaired) electrons. The zero-order valence-electron chi connectivity index (χ0n) is 11.7. The van der Waals surface area contributed by atoms with Gasteiger partial charge >= 0.3 is 0 Å². The Labute approximate surface area is 119 Å². The number of aliphatic hydroxyl groups excluding tert-OH is 1. The van der Waals surface area contributed by atoms with Gasteiger partial charge in [0.25, 0.3) is 0 Å². The molecule has 0 aliphatic rings. The van der Waals surface area contributed by atoms with E-state index in [2.05, 4.69) is 5.32 Å². The van der Waals surface area contributed by atoms with Crippen LogP contribution in [0, 0.1) is 0 Å². The predicted octanol–water partition coefficient (Wildman–Crippen LogP) is 2.85. The summed E-state index contributed by atoms with van der Waals surface area (Å²) >= 11 is 0. The van der Waals surface area contributed by atoms with Gasteiger partial charge < -0.3 is 19.9 Å². The fourth-order valence-electron chi connectivity index (χ4n) is 2.14. The fourth-order valence-corrected chi connectivity index (χ4v) is 2.14. The van der Waals surface area contributed by atoms with Crippen LogP contribution < -0.4 is 14.8 Å². The Morgan fingerprint density at radius 3 is 2.35 bits per heavy atom. The minimum Gasteiger partial charge on any atom is -0.493 e. The Bertz CT molecular complexity index is 543. The van der Waals surface area contributed by atoms with Gasteiger partial charge in [0.05, 0.1) is 26.9 Å². The van der Waals surface area contributed by atoms with Gasteiger partial charge in [0.2, 0.25) is 0 Å². The molecule has 1 atom stereocenters. The van der Waals surface area contributed by atoms with Crippen LogP contribution in [0.5, 0.6) is 11.5 Å². The van der Waals surface area contributed by atoms with Crippen LogP contribution in [0.25, 0.3) is 0 Å². The number of nitrogens with one attached hydrogen (secondary N) is 1. The van der Waals surface area contributed by atoms with Gasteiger partial charge in [0.1, 0.15) is 0 Å². The van der Waals surface area contributed by atoms with Gasteiger partial charge in [-0.15, -0.1) is 0 Å². The molecule has 2 aromatic carbocycles. The molecule has 0 saturated heterocycles. The molecule has 4 heteroatoms. The van der Waals surface area contributed by atoms with Gasteiger partial charge in [0, 0.05) is 11.3 Å². The second-order valence-electron chi connectivity index (χ2n) is 4.33. The van der Waals surface area contributed by atoms with Gasteiger partial charge in [-0.2, -0.15) is 0 Å². The number of anilines is 1. The number of rotatable bonds is 6. The summed E-state index contributed by atoms with van der Waals surface area (Å²) in [5, 5.41) is 13.0. The van der Waals surface area contributed by atoms with Crippen molar-refractivity contribution in [3.05, 3.63) is 54.1 Å². The summed E-state index contributed by atoms with van der Waals surface area (Å²) in [5.41, 5.74) is 1.80. The van der Waals surface area contributed by atoms with E-state index in [0.717, 1.165) is 11.3 Å². The van der Waals surface area contributed by atoms with E-state index in [1.54, 1.807) is 14.2 Å². The molecule has 0 saturated carbocycles. The van der Waals surface area contributed by atoms with Gasteiger partial charge in [-0.25, -0.2) is 0 Å². The summed E-state index contributed by atoms with van der Waals surface area (Å²) < 4.78 is 10.7. The van der Waals surface area contributed by atoms with Crippen molar-refractivity contribution in [1.82, 2.24) is 0 Å². The van der Waals surface area contributed by atoms with Crippen molar-refractivity contribution in [3.63, 3.8) is 0 Å². The van der Waals surface area contributed by atoms with Crippen molar-refractivity contribution in [2.45, 2.75) is 6.04 Å². The van der Waals surface area contributed by atoms with Crippen molar-refractivity contribution in [3.8, 4) is 11.5 Å². The highest BCUT2D eigenvalue weighted by Crippen LogP contribution is 2.35. The van der Waals surface area contributed by atoms with Gasteiger partial charge in [-0.3, -0.25) is 0 Å². The zero-order chi connectivity index (χ0) is 14.4. The molecule has 0 aromatic heterocycles. The number of benzene rings is 2. The van der Waals surface area contributed by atoms with E-state index < -0.39 is 0 Å². The van der Waals surface area contributed by atoms with Crippen molar-refractivity contribution in [2.75, 3.05) is 26.1 Å². The Kier molecular flexibility index (Phi) is 4.85. The van der Waals surface area contributed by atoms with E-state index in [9.17, 15) is 5.11 Å². The average molecular weight is 273 g/mol.